The molecule has 0 unspecified atom stereocenters. The van der Waals surface area contributed by atoms with Crippen LogP contribution in [0.5, 0.6) is 5.75 Å². The van der Waals surface area contributed by atoms with Crippen molar-refractivity contribution in [1.82, 2.24) is 20.1 Å². The van der Waals surface area contributed by atoms with Crippen LogP contribution in [0.1, 0.15) is 12.0 Å². The Balaban J connectivity index is 0.00000176. The fourth-order valence-electron chi connectivity index (χ4n) is 2.18. The van der Waals surface area contributed by atoms with E-state index in [-0.39, 0.29) is 18.3 Å². The summed E-state index contributed by atoms with van der Waals surface area (Å²) in [7, 11) is 0. The van der Waals surface area contributed by atoms with E-state index in [0.29, 0.717) is 19.6 Å². The van der Waals surface area contributed by atoms with Crippen LogP contribution in [0, 0.1) is 0 Å². The lowest BCUT2D eigenvalue weighted by atomic mass is 10.1. The molecule has 2 N–H and O–H groups in total. The zero-order valence-electron chi connectivity index (χ0n) is 12.0. The summed E-state index contributed by atoms with van der Waals surface area (Å²) >= 11 is 0. The van der Waals surface area contributed by atoms with Gasteiger partial charge in [0.25, 0.3) is 0 Å². The van der Waals surface area contributed by atoms with E-state index in [9.17, 15) is 4.79 Å². The largest absolute Gasteiger partial charge is 0.492 e. The number of amides is 1. The number of fused-ring (bicyclic) bond motifs is 1. The first-order chi connectivity index (χ1) is 10.3. The van der Waals surface area contributed by atoms with E-state index < -0.39 is 0 Å². The number of rotatable bonds is 4. The Labute approximate surface area is 134 Å². The fourth-order valence-corrected chi connectivity index (χ4v) is 2.18. The van der Waals surface area contributed by atoms with Crippen LogP contribution in [0.25, 0.3) is 0 Å². The lowest BCUT2D eigenvalue weighted by molar-refractivity contribution is -0.116. The number of hydrogen-bond acceptors (Lipinski definition) is 5. The molecule has 0 fully saturated rings. The second kappa shape index (κ2) is 7.77. The molecule has 2 aromatic rings. The van der Waals surface area contributed by atoms with Gasteiger partial charge < -0.3 is 15.4 Å². The number of nitrogens with zero attached hydrogens (tertiary/aromatic N) is 3. The summed E-state index contributed by atoms with van der Waals surface area (Å²) in [6.45, 7) is 2.75. The molecule has 8 heteroatoms. The highest BCUT2D eigenvalue weighted by molar-refractivity contribution is 5.90. The van der Waals surface area contributed by atoms with Gasteiger partial charge in [0, 0.05) is 30.8 Å². The van der Waals surface area contributed by atoms with Crippen molar-refractivity contribution in [2.45, 2.75) is 19.5 Å². The summed E-state index contributed by atoms with van der Waals surface area (Å²) in [6.07, 6.45) is 3.41. The van der Waals surface area contributed by atoms with Crippen molar-refractivity contribution in [2.24, 2.45) is 0 Å². The third-order valence-electron chi connectivity index (χ3n) is 3.23. The molecular weight excluding hydrogens is 306 g/mol. The van der Waals surface area contributed by atoms with Crippen molar-refractivity contribution in [2.75, 3.05) is 18.5 Å². The molecule has 1 aromatic heterocycles. The number of anilines is 1. The summed E-state index contributed by atoms with van der Waals surface area (Å²) in [5, 5.41) is 10.1. The van der Waals surface area contributed by atoms with Crippen LogP contribution < -0.4 is 15.4 Å². The van der Waals surface area contributed by atoms with Crippen molar-refractivity contribution in [3.05, 3.63) is 36.4 Å². The van der Waals surface area contributed by atoms with E-state index in [0.717, 1.165) is 30.1 Å². The highest BCUT2D eigenvalue weighted by Crippen LogP contribution is 2.24. The average molecular weight is 324 g/mol. The van der Waals surface area contributed by atoms with E-state index >= 15 is 0 Å². The van der Waals surface area contributed by atoms with Crippen molar-refractivity contribution in [1.29, 1.82) is 0 Å². The number of carbonyl (C=O) groups is 1. The topological polar surface area (TPSA) is 81.1 Å². The molecule has 1 amide bonds. The molecule has 7 nitrogen and oxygen atoms in total. The van der Waals surface area contributed by atoms with E-state index in [1.54, 1.807) is 11.0 Å². The van der Waals surface area contributed by atoms with Gasteiger partial charge in [0.15, 0.2) is 0 Å². The van der Waals surface area contributed by atoms with Crippen LogP contribution >= 0.6 is 12.4 Å². The van der Waals surface area contributed by atoms with Crippen LogP contribution in [0.2, 0.25) is 0 Å². The molecule has 1 aromatic carbocycles. The quantitative estimate of drug-likeness (QED) is 0.884. The van der Waals surface area contributed by atoms with Crippen molar-refractivity contribution in [3.63, 3.8) is 0 Å². The maximum atomic E-state index is 11.9. The number of aromatic nitrogens is 3. The van der Waals surface area contributed by atoms with Gasteiger partial charge in [0.1, 0.15) is 25.0 Å². The zero-order chi connectivity index (χ0) is 14.5. The smallest absolute Gasteiger partial charge is 0.226 e. The molecule has 0 spiro atoms. The number of aryl methyl sites for hydroxylation is 1. The minimum Gasteiger partial charge on any atom is -0.492 e. The van der Waals surface area contributed by atoms with Gasteiger partial charge >= 0.3 is 0 Å². The second-order valence-electron chi connectivity index (χ2n) is 4.80. The SMILES string of the molecule is Cl.O=C(CCn1cncn1)Nc1ccc2c(c1)CNCCO2. The summed E-state index contributed by atoms with van der Waals surface area (Å²) in [6, 6.07) is 5.70. The number of carbonyl (C=O) groups excluding carboxylic acids is 1. The minimum atomic E-state index is -0.0482. The number of halogens is 1. The Bertz CT molecular complexity index is 618. The van der Waals surface area contributed by atoms with Gasteiger partial charge in [-0.3, -0.25) is 9.48 Å². The van der Waals surface area contributed by atoms with Gasteiger partial charge in [0.2, 0.25) is 5.91 Å². The molecule has 0 atom stereocenters. The number of ether oxygens (including phenoxy) is 1. The van der Waals surface area contributed by atoms with Gasteiger partial charge in [-0.15, -0.1) is 12.4 Å². The summed E-state index contributed by atoms with van der Waals surface area (Å²) in [4.78, 5) is 15.8. The monoisotopic (exact) mass is 323 g/mol. The lowest BCUT2D eigenvalue weighted by Gasteiger charge is -2.10. The fraction of sp³-hybridized carbons (Fsp3) is 0.357. The third-order valence-corrected chi connectivity index (χ3v) is 3.23. The normalized spacial score (nSPS) is 13.3. The first-order valence-electron chi connectivity index (χ1n) is 6.90. The second-order valence-corrected chi connectivity index (χ2v) is 4.80. The van der Waals surface area contributed by atoms with Crippen molar-refractivity contribution >= 4 is 24.0 Å². The predicted octanol–water partition coefficient (Wildman–Crippen LogP) is 1.21. The molecule has 1 aliphatic rings. The Kier molecular flexibility index (Phi) is 5.74. The molecule has 22 heavy (non-hydrogen) atoms. The molecule has 3 rings (SSSR count). The Morgan fingerprint density at radius 3 is 3.18 bits per heavy atom. The number of hydrogen-bond donors (Lipinski definition) is 2. The van der Waals surface area contributed by atoms with Gasteiger partial charge in [-0.05, 0) is 18.2 Å². The van der Waals surface area contributed by atoms with E-state index in [1.807, 2.05) is 18.2 Å². The van der Waals surface area contributed by atoms with Gasteiger partial charge in [-0.1, -0.05) is 0 Å². The van der Waals surface area contributed by atoms with Crippen LogP contribution in [-0.2, 0) is 17.9 Å². The summed E-state index contributed by atoms with van der Waals surface area (Å²) in [5.74, 6) is 0.827. The predicted molar refractivity (Wildman–Crippen MR) is 84.2 cm³/mol. The van der Waals surface area contributed by atoms with E-state index in [2.05, 4.69) is 20.7 Å². The Morgan fingerprint density at radius 2 is 2.36 bits per heavy atom. The third kappa shape index (κ3) is 4.19. The minimum absolute atomic E-state index is 0. The molecule has 0 radical (unpaired) electrons. The van der Waals surface area contributed by atoms with E-state index in [1.165, 1.54) is 6.33 Å². The van der Waals surface area contributed by atoms with Crippen molar-refractivity contribution in [3.8, 4) is 5.75 Å². The maximum Gasteiger partial charge on any atom is 0.226 e. The Morgan fingerprint density at radius 1 is 1.45 bits per heavy atom. The first kappa shape index (κ1) is 16.3. The number of nitrogens with one attached hydrogen (secondary N) is 2. The lowest BCUT2D eigenvalue weighted by Crippen LogP contribution is -2.16. The van der Waals surface area contributed by atoms with E-state index in [4.69, 9.17) is 4.74 Å². The summed E-state index contributed by atoms with van der Waals surface area (Å²) < 4.78 is 7.24. The Hall–Kier alpha value is -2.12. The van der Waals surface area contributed by atoms with Crippen LogP contribution in [0.4, 0.5) is 5.69 Å². The van der Waals surface area contributed by atoms with Crippen LogP contribution in [0.3, 0.4) is 0 Å². The van der Waals surface area contributed by atoms with Gasteiger partial charge in [-0.2, -0.15) is 5.10 Å². The molecule has 0 bridgehead atoms. The molecule has 0 aliphatic carbocycles. The highest BCUT2D eigenvalue weighted by Gasteiger charge is 2.10. The molecule has 0 saturated carbocycles. The molecule has 1 aliphatic heterocycles. The van der Waals surface area contributed by atoms with Crippen LogP contribution in [-0.4, -0.2) is 33.8 Å². The van der Waals surface area contributed by atoms with Gasteiger partial charge in [0.05, 0.1) is 6.54 Å². The highest BCUT2D eigenvalue weighted by atomic mass is 35.5. The van der Waals surface area contributed by atoms with Gasteiger partial charge in [-0.25, -0.2) is 4.98 Å². The number of benzene rings is 1. The maximum absolute atomic E-state index is 11.9. The standard InChI is InChI=1S/C14H17N5O2.ClH/c20-14(3-5-19-10-16-9-17-19)18-12-1-2-13-11(7-12)8-15-4-6-21-13;/h1-2,7,9-10,15H,3-6,8H2,(H,18,20);1H. The summed E-state index contributed by atoms with van der Waals surface area (Å²) in [5.41, 5.74) is 1.84. The molecular formula is C14H18ClN5O2. The molecule has 0 saturated heterocycles. The molecule has 118 valence electrons. The van der Waals surface area contributed by atoms with Crippen LogP contribution in [0.15, 0.2) is 30.9 Å². The van der Waals surface area contributed by atoms with Crippen molar-refractivity contribution < 1.29 is 9.53 Å². The zero-order valence-corrected chi connectivity index (χ0v) is 12.8. The molecule has 2 heterocycles. The average Bonchev–Trinajstić information content (AvgIpc) is 2.90. The first-order valence-corrected chi connectivity index (χ1v) is 6.90.